The molecule has 2 aromatic rings. The number of methoxy groups -OCH3 is 1. The Morgan fingerprint density at radius 2 is 2.16 bits per heavy atom. The number of hydrogen-bond donors (Lipinski definition) is 3. The van der Waals surface area contributed by atoms with Crippen LogP contribution in [0, 0.1) is 11.8 Å². The maximum atomic E-state index is 11.2. The van der Waals surface area contributed by atoms with Crippen LogP contribution in [0.25, 0.3) is 10.9 Å². The van der Waals surface area contributed by atoms with Crippen molar-refractivity contribution in [1.29, 1.82) is 0 Å². The van der Waals surface area contributed by atoms with Gasteiger partial charge in [-0.15, -0.1) is 6.58 Å². The van der Waals surface area contributed by atoms with Gasteiger partial charge < -0.3 is 20.1 Å². The molecular weight excluding hydrogens is 396 g/mol. The van der Waals surface area contributed by atoms with E-state index in [1.54, 1.807) is 13.3 Å². The maximum absolute atomic E-state index is 11.2. The number of ether oxygens (including phenoxy) is 1. The zero-order chi connectivity index (χ0) is 22.5. The average molecular weight is 429 g/mol. The number of carbonyl (C=O) groups is 1. The van der Waals surface area contributed by atoms with Gasteiger partial charge in [0.25, 0.3) is 0 Å². The summed E-state index contributed by atoms with van der Waals surface area (Å²) in [6.45, 7) is 7.51. The van der Waals surface area contributed by atoms with E-state index >= 15 is 0 Å². The number of piperidine rings is 3. The lowest BCUT2D eigenvalue weighted by Gasteiger charge is -2.50. The van der Waals surface area contributed by atoms with Crippen LogP contribution in [0.3, 0.4) is 0 Å². The fraction of sp³-hybridized carbons (Fsp3) is 0.500. The van der Waals surface area contributed by atoms with Crippen LogP contribution in [0.2, 0.25) is 0 Å². The number of aliphatic carboxylic acids is 1. The van der Waals surface area contributed by atoms with Crippen molar-refractivity contribution >= 4 is 16.9 Å². The number of benzene rings is 1. The number of hydrogen-bond acceptors (Lipinski definition) is 6. The zero-order valence-corrected chi connectivity index (χ0v) is 18.1. The van der Waals surface area contributed by atoms with E-state index in [2.05, 4.69) is 22.5 Å². The van der Waals surface area contributed by atoms with Crippen LogP contribution in [0.15, 0.2) is 43.1 Å². The first-order valence-electron chi connectivity index (χ1n) is 10.7. The van der Waals surface area contributed by atoms with Crippen LogP contribution in [0.4, 0.5) is 0 Å². The van der Waals surface area contributed by atoms with Crippen LogP contribution < -0.4 is 4.74 Å². The maximum Gasteiger partial charge on any atom is 0.305 e. The fourth-order valence-corrected chi connectivity index (χ4v) is 4.70. The van der Waals surface area contributed by atoms with Crippen LogP contribution in [0.5, 0.6) is 5.75 Å². The minimum Gasteiger partial charge on any atom is -0.497 e. The second-order valence-electron chi connectivity index (χ2n) is 8.42. The van der Waals surface area contributed by atoms with Crippen molar-refractivity contribution < 1.29 is 24.9 Å². The van der Waals surface area contributed by atoms with Gasteiger partial charge in [-0.3, -0.25) is 14.7 Å². The summed E-state index contributed by atoms with van der Waals surface area (Å²) in [6, 6.07) is 7.96. The first kappa shape index (κ1) is 23.2. The molecule has 6 atom stereocenters. The number of nitrogens with zero attached hydrogens (tertiary/aromatic N) is 2. The number of aliphatic hydroxyl groups is 2. The van der Waals surface area contributed by atoms with Crippen LogP contribution in [0.1, 0.15) is 37.9 Å². The standard InChI is InChI=1S/C20H24N2O2.C4H8O3/c1-3-13-12-22-9-7-14(13)10-19(22)20(23)16-6-8-21-18-5-4-15(24-2)11-17(16)18;1-3(5)2-4(6)7/h3-6,8,11,13-14,19-20,23H,1,7,9-10,12H2,2H3;3,5H,2H2,1H3,(H,6,7). The third-order valence-corrected chi connectivity index (χ3v) is 6.29. The first-order chi connectivity index (χ1) is 14.8. The summed E-state index contributed by atoms with van der Waals surface area (Å²) in [4.78, 5) is 16.5. The largest absolute Gasteiger partial charge is 0.497 e. The van der Waals surface area contributed by atoms with E-state index in [9.17, 15) is 9.90 Å². The van der Waals surface area contributed by atoms with Gasteiger partial charge in [-0.2, -0.15) is 0 Å². The summed E-state index contributed by atoms with van der Waals surface area (Å²) in [5.41, 5.74) is 1.85. The molecule has 4 heterocycles. The molecule has 3 aliphatic rings. The van der Waals surface area contributed by atoms with Gasteiger partial charge in [-0.05, 0) is 68.0 Å². The monoisotopic (exact) mass is 428 g/mol. The molecule has 1 aromatic heterocycles. The van der Waals surface area contributed by atoms with Gasteiger partial charge in [0.05, 0.1) is 31.3 Å². The van der Waals surface area contributed by atoms with E-state index in [1.807, 2.05) is 24.3 Å². The molecule has 1 aromatic carbocycles. The molecule has 0 amide bonds. The molecule has 0 spiro atoms. The molecule has 7 heteroatoms. The van der Waals surface area contributed by atoms with Crippen molar-refractivity contribution in [3.05, 3.63) is 48.7 Å². The lowest BCUT2D eigenvalue weighted by Crippen LogP contribution is -2.54. The topological polar surface area (TPSA) is 103 Å². The van der Waals surface area contributed by atoms with Gasteiger partial charge >= 0.3 is 5.97 Å². The molecule has 2 bridgehead atoms. The Bertz CT molecular complexity index is 916. The Kier molecular flexibility index (Phi) is 7.64. The van der Waals surface area contributed by atoms with Gasteiger partial charge in [0.2, 0.25) is 0 Å². The molecule has 0 saturated carbocycles. The van der Waals surface area contributed by atoms with E-state index in [1.165, 1.54) is 13.3 Å². The summed E-state index contributed by atoms with van der Waals surface area (Å²) >= 11 is 0. The second-order valence-corrected chi connectivity index (χ2v) is 8.42. The van der Waals surface area contributed by atoms with Crippen molar-refractivity contribution in [3.8, 4) is 5.75 Å². The lowest BCUT2D eigenvalue weighted by molar-refractivity contribution is -0.138. The van der Waals surface area contributed by atoms with Crippen LogP contribution in [-0.2, 0) is 4.79 Å². The summed E-state index contributed by atoms with van der Waals surface area (Å²) in [5.74, 6) is 1.04. The third-order valence-electron chi connectivity index (χ3n) is 6.29. The summed E-state index contributed by atoms with van der Waals surface area (Å²) in [5, 5.41) is 28.4. The number of pyridine rings is 1. The predicted molar refractivity (Wildman–Crippen MR) is 119 cm³/mol. The highest BCUT2D eigenvalue weighted by atomic mass is 16.5. The molecule has 0 radical (unpaired) electrons. The zero-order valence-electron chi connectivity index (χ0n) is 18.1. The molecule has 7 nitrogen and oxygen atoms in total. The smallest absolute Gasteiger partial charge is 0.305 e. The molecule has 3 N–H and O–H groups in total. The van der Waals surface area contributed by atoms with Crippen LogP contribution in [-0.4, -0.2) is 63.5 Å². The second kappa shape index (κ2) is 10.2. The molecule has 5 rings (SSSR count). The average Bonchev–Trinajstić information content (AvgIpc) is 2.77. The van der Waals surface area contributed by atoms with E-state index in [0.29, 0.717) is 11.8 Å². The Labute approximate surface area is 183 Å². The molecule has 3 fully saturated rings. The number of rotatable bonds is 6. The third kappa shape index (κ3) is 5.42. The molecule has 31 heavy (non-hydrogen) atoms. The summed E-state index contributed by atoms with van der Waals surface area (Å²) in [7, 11) is 1.66. The normalized spacial score (nSPS) is 26.5. The van der Waals surface area contributed by atoms with E-state index < -0.39 is 18.2 Å². The number of aliphatic hydroxyl groups excluding tert-OH is 2. The van der Waals surface area contributed by atoms with Gasteiger partial charge in [0.15, 0.2) is 0 Å². The Hall–Kier alpha value is -2.48. The Morgan fingerprint density at radius 1 is 1.39 bits per heavy atom. The highest BCUT2D eigenvalue weighted by Crippen LogP contribution is 2.42. The fourth-order valence-electron chi connectivity index (χ4n) is 4.70. The predicted octanol–water partition coefficient (Wildman–Crippen LogP) is 3.02. The lowest BCUT2D eigenvalue weighted by atomic mass is 9.73. The number of carboxylic acids is 1. The summed E-state index contributed by atoms with van der Waals surface area (Å²) < 4.78 is 5.35. The molecule has 3 saturated heterocycles. The molecular formula is C24H32N2O5. The van der Waals surface area contributed by atoms with Gasteiger partial charge in [-0.25, -0.2) is 0 Å². The number of aromatic nitrogens is 1. The molecule has 168 valence electrons. The van der Waals surface area contributed by atoms with Crippen molar-refractivity contribution in [2.75, 3.05) is 20.2 Å². The Balaban J connectivity index is 0.000000339. The number of fused-ring (bicyclic) bond motifs is 4. The van der Waals surface area contributed by atoms with Crippen molar-refractivity contribution in [2.45, 2.75) is 44.4 Å². The number of carboxylic acid groups (broad SMARTS) is 1. The van der Waals surface area contributed by atoms with Crippen molar-refractivity contribution in [1.82, 2.24) is 9.88 Å². The van der Waals surface area contributed by atoms with Crippen molar-refractivity contribution in [2.24, 2.45) is 11.8 Å². The Morgan fingerprint density at radius 3 is 2.71 bits per heavy atom. The minimum atomic E-state index is -0.963. The first-order valence-corrected chi connectivity index (χ1v) is 10.7. The quantitative estimate of drug-likeness (QED) is 0.608. The summed E-state index contributed by atoms with van der Waals surface area (Å²) in [6.07, 6.45) is 4.73. The van der Waals surface area contributed by atoms with E-state index in [4.69, 9.17) is 14.9 Å². The molecule has 3 aliphatic heterocycles. The van der Waals surface area contributed by atoms with Gasteiger partial charge in [-0.1, -0.05) is 6.08 Å². The van der Waals surface area contributed by atoms with E-state index in [0.717, 1.165) is 41.7 Å². The molecule has 6 unspecified atom stereocenters. The van der Waals surface area contributed by atoms with Crippen molar-refractivity contribution in [3.63, 3.8) is 0 Å². The minimum absolute atomic E-state index is 0.167. The molecule has 0 aliphatic carbocycles. The van der Waals surface area contributed by atoms with Crippen LogP contribution >= 0.6 is 0 Å². The SMILES string of the molecule is C=CC1CN2CCC1CC2C(O)c1ccnc2ccc(OC)cc12.CC(O)CC(=O)O. The highest BCUT2D eigenvalue weighted by molar-refractivity contribution is 5.84. The van der Waals surface area contributed by atoms with E-state index in [-0.39, 0.29) is 12.5 Å². The highest BCUT2D eigenvalue weighted by Gasteiger charge is 2.42. The van der Waals surface area contributed by atoms with Gasteiger partial charge in [0.1, 0.15) is 5.75 Å². The van der Waals surface area contributed by atoms with Gasteiger partial charge in [0, 0.05) is 24.2 Å².